The standard InChI is InChI=1S/C10H12N4/c1-14(2)7-3-4-9-8(5-7)10(11)13-6-12-9/h3-6H,1-2H3,(H2,11,12,13). The number of hydrogen-bond donors (Lipinski definition) is 1. The maximum atomic E-state index is 5.76. The molecule has 2 N–H and O–H groups in total. The first-order valence-electron chi connectivity index (χ1n) is 4.36. The Balaban J connectivity index is 2.70. The van der Waals surface area contributed by atoms with Crippen molar-refractivity contribution < 1.29 is 0 Å². The average molecular weight is 188 g/mol. The summed E-state index contributed by atoms with van der Waals surface area (Å²) in [6.45, 7) is 0. The van der Waals surface area contributed by atoms with Crippen LogP contribution in [0.5, 0.6) is 0 Å². The molecule has 0 aliphatic heterocycles. The molecule has 0 fully saturated rings. The Morgan fingerprint density at radius 1 is 1.21 bits per heavy atom. The molecule has 0 aliphatic rings. The molecule has 0 amide bonds. The van der Waals surface area contributed by atoms with E-state index in [1.54, 1.807) is 0 Å². The molecule has 0 aliphatic carbocycles. The Bertz CT molecular complexity index is 465. The first kappa shape index (κ1) is 8.74. The van der Waals surface area contributed by atoms with E-state index in [4.69, 9.17) is 5.73 Å². The quantitative estimate of drug-likeness (QED) is 0.732. The summed E-state index contributed by atoms with van der Waals surface area (Å²) in [5.41, 5.74) is 7.73. The van der Waals surface area contributed by atoms with Crippen molar-refractivity contribution in [3.63, 3.8) is 0 Å². The molecule has 0 unspecified atom stereocenters. The molecule has 0 atom stereocenters. The van der Waals surface area contributed by atoms with E-state index in [2.05, 4.69) is 9.97 Å². The predicted molar refractivity (Wildman–Crippen MR) is 58.3 cm³/mol. The first-order valence-corrected chi connectivity index (χ1v) is 4.36. The van der Waals surface area contributed by atoms with Crippen molar-refractivity contribution in [2.24, 2.45) is 0 Å². The molecule has 1 aromatic carbocycles. The molecule has 72 valence electrons. The zero-order valence-corrected chi connectivity index (χ0v) is 8.23. The third-order valence-corrected chi connectivity index (χ3v) is 2.17. The van der Waals surface area contributed by atoms with Gasteiger partial charge in [0.25, 0.3) is 0 Å². The van der Waals surface area contributed by atoms with Crippen LogP contribution in [0.2, 0.25) is 0 Å². The molecule has 1 aromatic heterocycles. The second-order valence-electron chi connectivity index (χ2n) is 3.35. The number of fused-ring (bicyclic) bond motifs is 1. The molecule has 2 aromatic rings. The number of nitrogen functional groups attached to an aromatic ring is 1. The number of aromatic nitrogens is 2. The number of nitrogens with two attached hydrogens (primary N) is 1. The smallest absolute Gasteiger partial charge is 0.134 e. The van der Waals surface area contributed by atoms with Crippen LogP contribution in [0.1, 0.15) is 0 Å². The summed E-state index contributed by atoms with van der Waals surface area (Å²) >= 11 is 0. The molecule has 0 saturated carbocycles. The minimum absolute atomic E-state index is 0.527. The molecule has 4 heteroatoms. The van der Waals surface area contributed by atoms with Gasteiger partial charge in [0.05, 0.1) is 5.52 Å². The highest BCUT2D eigenvalue weighted by atomic mass is 15.1. The second kappa shape index (κ2) is 3.14. The van der Waals surface area contributed by atoms with Crippen molar-refractivity contribution in [3.8, 4) is 0 Å². The van der Waals surface area contributed by atoms with Crippen molar-refractivity contribution in [1.82, 2.24) is 9.97 Å². The van der Waals surface area contributed by atoms with E-state index in [1.165, 1.54) is 6.33 Å². The summed E-state index contributed by atoms with van der Waals surface area (Å²) < 4.78 is 0. The molecule has 0 bridgehead atoms. The Kier molecular flexibility index (Phi) is 1.96. The molecule has 1 heterocycles. The second-order valence-corrected chi connectivity index (χ2v) is 3.35. The van der Waals surface area contributed by atoms with Crippen molar-refractivity contribution >= 4 is 22.4 Å². The lowest BCUT2D eigenvalue weighted by molar-refractivity contribution is 1.13. The van der Waals surface area contributed by atoms with Gasteiger partial charge < -0.3 is 10.6 Å². The molecule has 4 nitrogen and oxygen atoms in total. The summed E-state index contributed by atoms with van der Waals surface area (Å²) in [5.74, 6) is 0.527. The van der Waals surface area contributed by atoms with Crippen molar-refractivity contribution in [2.75, 3.05) is 24.7 Å². The van der Waals surface area contributed by atoms with E-state index in [-0.39, 0.29) is 0 Å². The number of rotatable bonds is 1. The Morgan fingerprint density at radius 3 is 2.71 bits per heavy atom. The van der Waals surface area contributed by atoms with Crippen LogP contribution in [0.3, 0.4) is 0 Å². The van der Waals surface area contributed by atoms with Crippen LogP contribution < -0.4 is 10.6 Å². The molecular weight excluding hydrogens is 176 g/mol. The lowest BCUT2D eigenvalue weighted by atomic mass is 10.2. The number of anilines is 2. The number of benzene rings is 1. The third kappa shape index (κ3) is 1.35. The summed E-state index contributed by atoms with van der Waals surface area (Å²) in [6.07, 6.45) is 1.48. The summed E-state index contributed by atoms with van der Waals surface area (Å²) in [7, 11) is 3.97. The van der Waals surface area contributed by atoms with Gasteiger partial charge in [0.15, 0.2) is 0 Å². The maximum absolute atomic E-state index is 5.76. The predicted octanol–water partition coefficient (Wildman–Crippen LogP) is 1.28. The highest BCUT2D eigenvalue weighted by Gasteiger charge is 2.02. The average Bonchev–Trinajstić information content (AvgIpc) is 2.18. The minimum atomic E-state index is 0.527. The van der Waals surface area contributed by atoms with Gasteiger partial charge in [0.1, 0.15) is 12.1 Å². The SMILES string of the molecule is CN(C)c1ccc2ncnc(N)c2c1. The van der Waals surface area contributed by atoms with E-state index in [1.807, 2.05) is 37.2 Å². The minimum Gasteiger partial charge on any atom is -0.383 e. The van der Waals surface area contributed by atoms with Gasteiger partial charge in [0.2, 0.25) is 0 Å². The summed E-state index contributed by atoms with van der Waals surface area (Å²) in [6, 6.07) is 5.95. The Labute approximate surface area is 82.4 Å². The largest absolute Gasteiger partial charge is 0.383 e. The highest BCUT2D eigenvalue weighted by Crippen LogP contribution is 2.22. The van der Waals surface area contributed by atoms with Gasteiger partial charge in [-0.15, -0.1) is 0 Å². The summed E-state index contributed by atoms with van der Waals surface area (Å²) in [4.78, 5) is 10.1. The van der Waals surface area contributed by atoms with Crippen LogP contribution in [0.25, 0.3) is 10.9 Å². The van der Waals surface area contributed by atoms with Crippen molar-refractivity contribution in [1.29, 1.82) is 0 Å². The highest BCUT2D eigenvalue weighted by molar-refractivity contribution is 5.90. The topological polar surface area (TPSA) is 55.0 Å². The van der Waals surface area contributed by atoms with Gasteiger partial charge in [-0.1, -0.05) is 0 Å². The van der Waals surface area contributed by atoms with E-state index in [0.717, 1.165) is 16.6 Å². The van der Waals surface area contributed by atoms with Crippen LogP contribution in [0.15, 0.2) is 24.5 Å². The maximum Gasteiger partial charge on any atom is 0.134 e. The van der Waals surface area contributed by atoms with E-state index in [9.17, 15) is 0 Å². The van der Waals surface area contributed by atoms with E-state index in [0.29, 0.717) is 5.82 Å². The van der Waals surface area contributed by atoms with Crippen LogP contribution in [-0.2, 0) is 0 Å². The van der Waals surface area contributed by atoms with Crippen molar-refractivity contribution in [3.05, 3.63) is 24.5 Å². The van der Waals surface area contributed by atoms with Gasteiger partial charge in [-0.2, -0.15) is 0 Å². The fourth-order valence-electron chi connectivity index (χ4n) is 1.34. The van der Waals surface area contributed by atoms with Gasteiger partial charge in [-0.25, -0.2) is 9.97 Å². The molecule has 2 rings (SSSR count). The molecule has 0 spiro atoms. The molecule has 14 heavy (non-hydrogen) atoms. The fraction of sp³-hybridized carbons (Fsp3) is 0.200. The first-order chi connectivity index (χ1) is 6.68. The van der Waals surface area contributed by atoms with Crippen LogP contribution in [-0.4, -0.2) is 24.1 Å². The molecular formula is C10H12N4. The van der Waals surface area contributed by atoms with Gasteiger partial charge in [-0.3, -0.25) is 0 Å². The number of hydrogen-bond acceptors (Lipinski definition) is 4. The third-order valence-electron chi connectivity index (χ3n) is 2.17. The Morgan fingerprint density at radius 2 is 2.00 bits per heavy atom. The van der Waals surface area contributed by atoms with E-state index < -0.39 is 0 Å². The normalized spacial score (nSPS) is 10.4. The van der Waals surface area contributed by atoms with E-state index >= 15 is 0 Å². The Hall–Kier alpha value is -1.84. The number of nitrogens with zero attached hydrogens (tertiary/aromatic N) is 3. The van der Waals surface area contributed by atoms with Crippen LogP contribution in [0.4, 0.5) is 11.5 Å². The zero-order chi connectivity index (χ0) is 10.1. The van der Waals surface area contributed by atoms with Gasteiger partial charge >= 0.3 is 0 Å². The molecule has 0 radical (unpaired) electrons. The molecule has 0 saturated heterocycles. The zero-order valence-electron chi connectivity index (χ0n) is 8.23. The van der Waals surface area contributed by atoms with Crippen LogP contribution >= 0.6 is 0 Å². The van der Waals surface area contributed by atoms with Gasteiger partial charge in [0, 0.05) is 25.2 Å². The lowest BCUT2D eigenvalue weighted by Gasteiger charge is -2.12. The van der Waals surface area contributed by atoms with Crippen LogP contribution in [0, 0.1) is 0 Å². The fourth-order valence-corrected chi connectivity index (χ4v) is 1.34. The monoisotopic (exact) mass is 188 g/mol. The summed E-state index contributed by atoms with van der Waals surface area (Å²) in [5, 5.41) is 0.902. The van der Waals surface area contributed by atoms with Gasteiger partial charge in [-0.05, 0) is 18.2 Å². The van der Waals surface area contributed by atoms with Crippen molar-refractivity contribution in [2.45, 2.75) is 0 Å². The lowest BCUT2D eigenvalue weighted by Crippen LogP contribution is -2.08.